The Kier molecular flexibility index (Phi) is 8.33. The number of fused-ring (bicyclic) bond motifs is 7. The van der Waals surface area contributed by atoms with Crippen molar-refractivity contribution in [1.82, 2.24) is 10.2 Å². The van der Waals surface area contributed by atoms with Gasteiger partial charge in [-0.3, -0.25) is 4.79 Å². The molecule has 7 heteroatoms. The van der Waals surface area contributed by atoms with Gasteiger partial charge in [-0.2, -0.15) is 0 Å². The summed E-state index contributed by atoms with van der Waals surface area (Å²) in [6.45, 7) is 10.9. The highest BCUT2D eigenvalue weighted by Crippen LogP contribution is 2.71. The van der Waals surface area contributed by atoms with Crippen molar-refractivity contribution in [3.63, 3.8) is 0 Å². The van der Waals surface area contributed by atoms with Crippen LogP contribution in [0.1, 0.15) is 124 Å². The fourth-order valence-electron chi connectivity index (χ4n) is 12.6. The van der Waals surface area contributed by atoms with E-state index in [1.807, 2.05) is 0 Å². The lowest BCUT2D eigenvalue weighted by Crippen LogP contribution is -2.57. The molecule has 2 aliphatic heterocycles. The lowest BCUT2D eigenvalue weighted by atomic mass is 9.44. The van der Waals surface area contributed by atoms with E-state index in [2.05, 4.69) is 33.0 Å². The highest BCUT2D eigenvalue weighted by molar-refractivity contribution is 5.81. The number of methoxy groups -OCH3 is 1. The molecule has 0 aromatic rings. The first-order chi connectivity index (χ1) is 21.1. The normalized spacial score (nSPS) is 48.5. The lowest BCUT2D eigenvalue weighted by Gasteiger charge is -2.61. The van der Waals surface area contributed by atoms with Crippen LogP contribution >= 0.6 is 0 Å². The molecule has 44 heavy (non-hydrogen) atoms. The van der Waals surface area contributed by atoms with E-state index in [-0.39, 0.29) is 36.4 Å². The van der Waals surface area contributed by atoms with Gasteiger partial charge in [0, 0.05) is 24.4 Å². The van der Waals surface area contributed by atoms with Crippen LogP contribution in [0.2, 0.25) is 0 Å². The Morgan fingerprint density at radius 3 is 2.39 bits per heavy atom. The van der Waals surface area contributed by atoms with Crippen LogP contribution < -0.4 is 5.32 Å². The Morgan fingerprint density at radius 2 is 1.66 bits per heavy atom. The number of hydrogen-bond donors (Lipinski definition) is 1. The molecule has 2 unspecified atom stereocenters. The predicted octanol–water partition coefficient (Wildman–Crippen LogP) is 7.32. The lowest BCUT2D eigenvalue weighted by molar-refractivity contribution is -0.273. The van der Waals surface area contributed by atoms with E-state index < -0.39 is 0 Å². The minimum Gasteiger partial charge on any atom is -0.468 e. The predicted molar refractivity (Wildman–Crippen MR) is 170 cm³/mol. The molecule has 5 saturated carbocycles. The minimum absolute atomic E-state index is 0.0567. The van der Waals surface area contributed by atoms with Crippen molar-refractivity contribution in [3.05, 3.63) is 0 Å². The molecular formula is C37H60N2O5. The maximum atomic E-state index is 13.6. The van der Waals surface area contributed by atoms with E-state index in [9.17, 15) is 9.59 Å². The van der Waals surface area contributed by atoms with Crippen molar-refractivity contribution in [2.45, 2.75) is 148 Å². The van der Waals surface area contributed by atoms with Crippen LogP contribution in [-0.2, 0) is 19.0 Å². The number of ether oxygens (including phenoxy) is 3. The van der Waals surface area contributed by atoms with E-state index in [0.717, 1.165) is 69.3 Å². The number of amides is 2. The molecule has 1 spiro atoms. The van der Waals surface area contributed by atoms with Gasteiger partial charge in [0.25, 0.3) is 0 Å². The average molecular weight is 613 g/mol. The van der Waals surface area contributed by atoms with E-state index in [0.29, 0.717) is 40.6 Å². The second-order valence-electron chi connectivity index (χ2n) is 17.1. The van der Waals surface area contributed by atoms with Gasteiger partial charge in [-0.1, -0.05) is 47.0 Å². The van der Waals surface area contributed by atoms with Gasteiger partial charge in [-0.05, 0) is 117 Å². The molecule has 1 N–H and O–H groups in total. The Labute approximate surface area is 266 Å². The molecule has 0 aromatic heterocycles. The molecule has 7 rings (SSSR count). The molecule has 2 amide bonds. The third-order valence-electron chi connectivity index (χ3n) is 15.1. The Bertz CT molecular complexity index is 1080. The second kappa shape index (κ2) is 11.7. The SMILES string of the molecule is COC(=O)CN(C(=O)N[C@@H]1CC[C@]2(C)C3CC[C@]4(C)C5[C@H](C[C@H]4[C@@H]3CC[C@@H]2C1)O[C@]1(CC[C@H](C)CO1)[C@H]5C)C1CCCCC1. The number of urea groups is 1. The standard InChI is InChI=1S/C37H60N2O5/c1-23-13-18-37(43-22-23)24(2)33-31(44-37)20-30-28-12-11-25-19-26(14-16-35(25,3)29(28)15-17-36(30,33)4)38-34(41)39(21-32(40)42-5)27-9-7-6-8-10-27/h23-31,33H,6-22H2,1-5H3,(H,38,41)/t23-,24-,25+,26+,28+,29?,30-,31-,33?,35-,36-,37+/m0/s1. The van der Waals surface area contributed by atoms with Gasteiger partial charge >= 0.3 is 12.0 Å². The van der Waals surface area contributed by atoms with Gasteiger partial charge in [0.1, 0.15) is 6.54 Å². The summed E-state index contributed by atoms with van der Waals surface area (Å²) in [7, 11) is 1.42. The summed E-state index contributed by atoms with van der Waals surface area (Å²) in [5, 5.41) is 3.42. The number of rotatable bonds is 4. The largest absolute Gasteiger partial charge is 0.468 e. The number of nitrogens with zero attached hydrogens (tertiary/aromatic N) is 1. The molecule has 248 valence electrons. The molecule has 0 bridgehead atoms. The summed E-state index contributed by atoms with van der Waals surface area (Å²) >= 11 is 0. The zero-order chi connectivity index (χ0) is 30.9. The minimum atomic E-state index is -0.331. The van der Waals surface area contributed by atoms with Crippen molar-refractivity contribution < 1.29 is 23.8 Å². The van der Waals surface area contributed by atoms with Gasteiger partial charge in [-0.15, -0.1) is 0 Å². The second-order valence-corrected chi connectivity index (χ2v) is 17.1. The molecule has 2 heterocycles. The van der Waals surface area contributed by atoms with Crippen molar-refractivity contribution in [2.75, 3.05) is 20.3 Å². The molecule has 0 radical (unpaired) electrons. The zero-order valence-corrected chi connectivity index (χ0v) is 28.3. The van der Waals surface area contributed by atoms with Gasteiger partial charge in [0.05, 0.1) is 19.8 Å². The van der Waals surface area contributed by atoms with E-state index in [1.165, 1.54) is 58.5 Å². The van der Waals surface area contributed by atoms with Gasteiger partial charge in [-0.25, -0.2) is 4.79 Å². The zero-order valence-electron chi connectivity index (χ0n) is 28.3. The van der Waals surface area contributed by atoms with E-state index >= 15 is 0 Å². The third-order valence-corrected chi connectivity index (χ3v) is 15.1. The third kappa shape index (κ3) is 5.04. The molecule has 7 nitrogen and oxygen atoms in total. The molecule has 2 saturated heterocycles. The monoisotopic (exact) mass is 612 g/mol. The average Bonchev–Trinajstić information content (AvgIpc) is 3.47. The molecule has 5 aliphatic carbocycles. The van der Waals surface area contributed by atoms with Crippen molar-refractivity contribution >= 4 is 12.0 Å². The van der Waals surface area contributed by atoms with E-state index in [4.69, 9.17) is 14.2 Å². The van der Waals surface area contributed by atoms with Crippen LogP contribution in [0.3, 0.4) is 0 Å². The summed E-state index contributed by atoms with van der Waals surface area (Å²) < 4.78 is 18.5. The molecule has 7 aliphatic rings. The topological polar surface area (TPSA) is 77.1 Å². The maximum Gasteiger partial charge on any atom is 0.325 e. The summed E-state index contributed by atoms with van der Waals surface area (Å²) in [4.78, 5) is 27.7. The highest BCUT2D eigenvalue weighted by Gasteiger charge is 2.69. The van der Waals surface area contributed by atoms with E-state index in [1.54, 1.807) is 4.90 Å². The Hall–Kier alpha value is -1.34. The van der Waals surface area contributed by atoms with Crippen LogP contribution in [0.25, 0.3) is 0 Å². The Morgan fingerprint density at radius 1 is 0.886 bits per heavy atom. The van der Waals surface area contributed by atoms with Crippen LogP contribution in [-0.4, -0.2) is 61.1 Å². The van der Waals surface area contributed by atoms with Gasteiger partial charge < -0.3 is 24.4 Å². The molecular weight excluding hydrogens is 552 g/mol. The quantitative estimate of drug-likeness (QED) is 0.337. The first-order valence-electron chi connectivity index (χ1n) is 18.5. The molecule has 12 atom stereocenters. The first kappa shape index (κ1) is 31.3. The highest BCUT2D eigenvalue weighted by atomic mass is 16.7. The first-order valence-corrected chi connectivity index (χ1v) is 18.5. The van der Waals surface area contributed by atoms with Crippen molar-refractivity contribution in [1.29, 1.82) is 0 Å². The van der Waals surface area contributed by atoms with Crippen LogP contribution in [0, 0.1) is 52.3 Å². The Balaban J connectivity index is 1.01. The fourth-order valence-corrected chi connectivity index (χ4v) is 12.6. The number of nitrogens with one attached hydrogen (secondary N) is 1. The number of esters is 1. The molecule has 7 fully saturated rings. The van der Waals surface area contributed by atoms with Crippen LogP contribution in [0.5, 0.6) is 0 Å². The summed E-state index contributed by atoms with van der Waals surface area (Å²) in [6, 6.07) is 0.285. The van der Waals surface area contributed by atoms with Gasteiger partial charge in [0.2, 0.25) is 0 Å². The number of carbonyl (C=O) groups is 2. The van der Waals surface area contributed by atoms with Crippen molar-refractivity contribution in [2.24, 2.45) is 52.3 Å². The molecule has 0 aromatic carbocycles. The smallest absolute Gasteiger partial charge is 0.325 e. The number of carbonyl (C=O) groups excluding carboxylic acids is 2. The maximum absolute atomic E-state index is 13.6. The summed E-state index contributed by atoms with van der Waals surface area (Å²) in [5.41, 5.74) is 0.715. The van der Waals surface area contributed by atoms with Crippen molar-refractivity contribution in [3.8, 4) is 0 Å². The number of hydrogen-bond acceptors (Lipinski definition) is 5. The fraction of sp³-hybridized carbons (Fsp3) is 0.946. The van der Waals surface area contributed by atoms with Crippen LogP contribution in [0.15, 0.2) is 0 Å². The summed E-state index contributed by atoms with van der Waals surface area (Å²) in [5.74, 6) is 4.09. The van der Waals surface area contributed by atoms with Crippen LogP contribution in [0.4, 0.5) is 4.79 Å². The van der Waals surface area contributed by atoms with Gasteiger partial charge in [0.15, 0.2) is 5.79 Å². The summed E-state index contributed by atoms with van der Waals surface area (Å²) in [6.07, 6.45) is 17.9.